The summed E-state index contributed by atoms with van der Waals surface area (Å²) in [5.74, 6) is 0. The highest BCUT2D eigenvalue weighted by molar-refractivity contribution is 5.20. The van der Waals surface area contributed by atoms with Gasteiger partial charge in [-0.3, -0.25) is 0 Å². The second-order valence-electron chi connectivity index (χ2n) is 3.13. The minimum absolute atomic E-state index is 0.796. The molecular formula is C12H22N2. The largest absolute Gasteiger partial charge is 0.385 e. The Labute approximate surface area is 87.6 Å². The SMILES string of the molecule is C=C/C=C(\C=C\C)NCCCCCN. The molecule has 0 aliphatic carbocycles. The molecule has 0 aliphatic heterocycles. The van der Waals surface area contributed by atoms with E-state index in [1.165, 1.54) is 12.8 Å². The fourth-order valence-corrected chi connectivity index (χ4v) is 1.16. The van der Waals surface area contributed by atoms with E-state index in [1.807, 2.05) is 25.2 Å². The Hall–Kier alpha value is -1.02. The Morgan fingerprint density at radius 3 is 2.71 bits per heavy atom. The van der Waals surface area contributed by atoms with E-state index in [4.69, 9.17) is 5.73 Å². The normalized spacial score (nSPS) is 12.0. The molecule has 0 atom stereocenters. The van der Waals surface area contributed by atoms with Crippen molar-refractivity contribution < 1.29 is 0 Å². The molecule has 0 spiro atoms. The van der Waals surface area contributed by atoms with Crippen LogP contribution in [0.1, 0.15) is 26.2 Å². The zero-order valence-corrected chi connectivity index (χ0v) is 9.13. The number of unbranched alkanes of at least 4 members (excludes halogenated alkanes) is 2. The minimum atomic E-state index is 0.796. The summed E-state index contributed by atoms with van der Waals surface area (Å²) < 4.78 is 0. The summed E-state index contributed by atoms with van der Waals surface area (Å²) in [7, 11) is 0. The van der Waals surface area contributed by atoms with Crippen molar-refractivity contribution in [1.29, 1.82) is 0 Å². The highest BCUT2D eigenvalue weighted by Crippen LogP contribution is 1.96. The van der Waals surface area contributed by atoms with Gasteiger partial charge in [0.1, 0.15) is 0 Å². The first-order chi connectivity index (χ1) is 6.85. The van der Waals surface area contributed by atoms with Gasteiger partial charge < -0.3 is 11.1 Å². The Balaban J connectivity index is 3.61. The van der Waals surface area contributed by atoms with Crippen LogP contribution >= 0.6 is 0 Å². The molecule has 3 N–H and O–H groups in total. The third kappa shape index (κ3) is 7.62. The van der Waals surface area contributed by atoms with Crippen molar-refractivity contribution >= 4 is 0 Å². The number of nitrogens with one attached hydrogen (secondary N) is 1. The third-order valence-electron chi connectivity index (χ3n) is 1.85. The van der Waals surface area contributed by atoms with Gasteiger partial charge in [0, 0.05) is 12.2 Å². The molecule has 0 heterocycles. The van der Waals surface area contributed by atoms with Gasteiger partial charge in [-0.2, -0.15) is 0 Å². The molecule has 0 fully saturated rings. The lowest BCUT2D eigenvalue weighted by atomic mass is 10.2. The van der Waals surface area contributed by atoms with Crippen LogP contribution < -0.4 is 11.1 Å². The quantitative estimate of drug-likeness (QED) is 0.460. The molecule has 0 rings (SSSR count). The van der Waals surface area contributed by atoms with Crippen molar-refractivity contribution in [1.82, 2.24) is 5.32 Å². The minimum Gasteiger partial charge on any atom is -0.385 e. The van der Waals surface area contributed by atoms with Crippen LogP contribution in [0.25, 0.3) is 0 Å². The Morgan fingerprint density at radius 2 is 2.14 bits per heavy atom. The fraction of sp³-hybridized carbons (Fsp3) is 0.500. The van der Waals surface area contributed by atoms with Gasteiger partial charge in [-0.15, -0.1) is 0 Å². The first-order valence-corrected chi connectivity index (χ1v) is 5.24. The number of rotatable bonds is 8. The van der Waals surface area contributed by atoms with E-state index in [0.29, 0.717) is 0 Å². The lowest BCUT2D eigenvalue weighted by Gasteiger charge is -2.06. The van der Waals surface area contributed by atoms with Crippen LogP contribution in [-0.4, -0.2) is 13.1 Å². The lowest BCUT2D eigenvalue weighted by molar-refractivity contribution is 0.653. The summed E-state index contributed by atoms with van der Waals surface area (Å²) in [6.07, 6.45) is 11.3. The van der Waals surface area contributed by atoms with Crippen molar-refractivity contribution in [2.24, 2.45) is 5.73 Å². The van der Waals surface area contributed by atoms with Crippen LogP contribution in [0.15, 0.2) is 36.6 Å². The summed E-state index contributed by atoms with van der Waals surface area (Å²) in [5, 5.41) is 3.34. The molecule has 0 aliphatic rings. The fourth-order valence-electron chi connectivity index (χ4n) is 1.16. The van der Waals surface area contributed by atoms with E-state index in [0.717, 1.165) is 25.2 Å². The summed E-state index contributed by atoms with van der Waals surface area (Å²) in [4.78, 5) is 0. The van der Waals surface area contributed by atoms with Gasteiger partial charge in [0.2, 0.25) is 0 Å². The molecule has 0 saturated carbocycles. The molecule has 2 nitrogen and oxygen atoms in total. The lowest BCUT2D eigenvalue weighted by Crippen LogP contribution is -2.13. The van der Waals surface area contributed by atoms with Gasteiger partial charge in [0.15, 0.2) is 0 Å². The standard InChI is InChI=1S/C12H22N2/c1-3-8-12(9-4-2)14-11-7-5-6-10-13/h3-4,8-9,14H,1,5-7,10-11,13H2,2H3/b9-4+,12-8+. The maximum Gasteiger partial charge on any atom is 0.0336 e. The average Bonchev–Trinajstić information content (AvgIpc) is 2.18. The number of hydrogen-bond donors (Lipinski definition) is 2. The predicted octanol–water partition coefficient (Wildman–Crippen LogP) is 2.35. The van der Waals surface area contributed by atoms with Crippen molar-refractivity contribution in [3.63, 3.8) is 0 Å². The Bertz CT molecular complexity index is 192. The van der Waals surface area contributed by atoms with Gasteiger partial charge in [0.25, 0.3) is 0 Å². The molecule has 0 radical (unpaired) electrons. The molecule has 0 aromatic rings. The van der Waals surface area contributed by atoms with Crippen LogP contribution in [0.2, 0.25) is 0 Å². The smallest absolute Gasteiger partial charge is 0.0336 e. The van der Waals surface area contributed by atoms with Crippen molar-refractivity contribution in [3.8, 4) is 0 Å². The number of hydrogen-bond acceptors (Lipinski definition) is 2. The molecule has 14 heavy (non-hydrogen) atoms. The van der Waals surface area contributed by atoms with E-state index in [-0.39, 0.29) is 0 Å². The van der Waals surface area contributed by atoms with Crippen LogP contribution in [0.4, 0.5) is 0 Å². The van der Waals surface area contributed by atoms with Gasteiger partial charge in [-0.1, -0.05) is 25.2 Å². The second kappa shape index (κ2) is 10.1. The number of nitrogens with two attached hydrogens (primary N) is 1. The van der Waals surface area contributed by atoms with Gasteiger partial charge >= 0.3 is 0 Å². The molecule has 80 valence electrons. The van der Waals surface area contributed by atoms with Crippen LogP contribution in [0, 0.1) is 0 Å². The van der Waals surface area contributed by atoms with Crippen LogP contribution in [0.3, 0.4) is 0 Å². The van der Waals surface area contributed by atoms with E-state index in [2.05, 4.69) is 11.9 Å². The molecule has 2 heteroatoms. The van der Waals surface area contributed by atoms with Gasteiger partial charge in [-0.05, 0) is 38.5 Å². The van der Waals surface area contributed by atoms with Crippen LogP contribution in [-0.2, 0) is 0 Å². The average molecular weight is 194 g/mol. The molecular weight excluding hydrogens is 172 g/mol. The maximum absolute atomic E-state index is 5.41. The zero-order chi connectivity index (χ0) is 10.6. The Morgan fingerprint density at radius 1 is 1.36 bits per heavy atom. The maximum atomic E-state index is 5.41. The van der Waals surface area contributed by atoms with Gasteiger partial charge in [-0.25, -0.2) is 0 Å². The van der Waals surface area contributed by atoms with Crippen molar-refractivity contribution in [3.05, 3.63) is 36.6 Å². The summed E-state index contributed by atoms with van der Waals surface area (Å²) >= 11 is 0. The molecule has 0 unspecified atom stereocenters. The summed E-state index contributed by atoms with van der Waals surface area (Å²) in [5.41, 5.74) is 6.53. The Kier molecular flexibility index (Phi) is 9.33. The summed E-state index contributed by atoms with van der Waals surface area (Å²) in [6, 6.07) is 0. The van der Waals surface area contributed by atoms with E-state index in [9.17, 15) is 0 Å². The number of allylic oxidation sites excluding steroid dienone is 4. The molecule has 0 aromatic carbocycles. The molecule has 0 saturated heterocycles. The van der Waals surface area contributed by atoms with Crippen molar-refractivity contribution in [2.75, 3.05) is 13.1 Å². The zero-order valence-electron chi connectivity index (χ0n) is 9.13. The first kappa shape index (κ1) is 13.0. The highest BCUT2D eigenvalue weighted by atomic mass is 14.9. The second-order valence-corrected chi connectivity index (χ2v) is 3.13. The first-order valence-electron chi connectivity index (χ1n) is 5.24. The third-order valence-corrected chi connectivity index (χ3v) is 1.85. The van der Waals surface area contributed by atoms with E-state index < -0.39 is 0 Å². The monoisotopic (exact) mass is 194 g/mol. The van der Waals surface area contributed by atoms with Gasteiger partial charge in [0.05, 0.1) is 0 Å². The molecule has 0 amide bonds. The molecule has 0 bridgehead atoms. The highest BCUT2D eigenvalue weighted by Gasteiger charge is 1.90. The summed E-state index contributed by atoms with van der Waals surface area (Å²) in [6.45, 7) is 7.48. The predicted molar refractivity (Wildman–Crippen MR) is 64.0 cm³/mol. The molecule has 0 aromatic heterocycles. The van der Waals surface area contributed by atoms with E-state index >= 15 is 0 Å². The van der Waals surface area contributed by atoms with Crippen LogP contribution in [0.5, 0.6) is 0 Å². The van der Waals surface area contributed by atoms with E-state index in [1.54, 1.807) is 6.08 Å². The van der Waals surface area contributed by atoms with Crippen molar-refractivity contribution in [2.45, 2.75) is 26.2 Å². The topological polar surface area (TPSA) is 38.0 Å².